The summed E-state index contributed by atoms with van der Waals surface area (Å²) >= 11 is 0. The number of H-pyrrole nitrogens is 1. The Hall–Kier alpha value is -2.36. The molecule has 0 bridgehead atoms. The Bertz CT molecular complexity index is 705. The summed E-state index contributed by atoms with van der Waals surface area (Å²) < 4.78 is 0. The Morgan fingerprint density at radius 2 is 2.10 bits per heavy atom. The average molecular weight is 268 g/mol. The van der Waals surface area contributed by atoms with Gasteiger partial charge >= 0.3 is 0 Å². The van der Waals surface area contributed by atoms with E-state index < -0.39 is 0 Å². The molecular formula is C16H16N2O2. The lowest BCUT2D eigenvalue weighted by Gasteiger charge is -2.25. The van der Waals surface area contributed by atoms with Crippen LogP contribution in [0.1, 0.15) is 33.9 Å². The van der Waals surface area contributed by atoms with E-state index in [1.807, 2.05) is 12.1 Å². The van der Waals surface area contributed by atoms with Crippen LogP contribution in [0.4, 0.5) is 0 Å². The summed E-state index contributed by atoms with van der Waals surface area (Å²) in [6, 6.07) is 11.3. The predicted molar refractivity (Wildman–Crippen MR) is 76.7 cm³/mol. The summed E-state index contributed by atoms with van der Waals surface area (Å²) in [6.45, 7) is 0. The van der Waals surface area contributed by atoms with Crippen LogP contribution < -0.4 is 5.56 Å². The maximum absolute atomic E-state index is 12.5. The number of benzene rings is 1. The monoisotopic (exact) mass is 268 g/mol. The fourth-order valence-electron chi connectivity index (χ4n) is 2.86. The smallest absolute Gasteiger partial charge is 0.254 e. The second kappa shape index (κ2) is 4.96. The van der Waals surface area contributed by atoms with Gasteiger partial charge in [0.2, 0.25) is 5.56 Å². The number of pyridine rings is 1. The van der Waals surface area contributed by atoms with Gasteiger partial charge in [0.1, 0.15) is 0 Å². The first kappa shape index (κ1) is 12.7. The van der Waals surface area contributed by atoms with Crippen molar-refractivity contribution in [3.63, 3.8) is 0 Å². The molecule has 0 saturated heterocycles. The second-order valence-electron chi connectivity index (χ2n) is 5.11. The Kier molecular flexibility index (Phi) is 3.14. The molecule has 0 fully saturated rings. The molecule has 0 aliphatic heterocycles. The molecule has 0 radical (unpaired) electrons. The second-order valence-corrected chi connectivity index (χ2v) is 5.11. The summed E-state index contributed by atoms with van der Waals surface area (Å²) in [4.78, 5) is 28.0. The molecule has 20 heavy (non-hydrogen) atoms. The normalized spacial score (nSPS) is 16.8. The van der Waals surface area contributed by atoms with E-state index in [2.05, 4.69) is 17.1 Å². The first-order chi connectivity index (χ1) is 9.66. The molecule has 0 saturated carbocycles. The fourth-order valence-corrected chi connectivity index (χ4v) is 2.86. The predicted octanol–water partition coefficient (Wildman–Crippen LogP) is 2.13. The number of hydrogen-bond acceptors (Lipinski definition) is 2. The van der Waals surface area contributed by atoms with E-state index in [-0.39, 0.29) is 17.5 Å². The molecule has 1 unspecified atom stereocenters. The van der Waals surface area contributed by atoms with Crippen molar-refractivity contribution in [1.82, 2.24) is 9.88 Å². The molecule has 4 heteroatoms. The van der Waals surface area contributed by atoms with E-state index in [9.17, 15) is 9.59 Å². The highest BCUT2D eigenvalue weighted by Gasteiger charge is 2.28. The highest BCUT2D eigenvalue weighted by molar-refractivity contribution is 5.94. The summed E-state index contributed by atoms with van der Waals surface area (Å²) in [7, 11) is 1.80. The van der Waals surface area contributed by atoms with E-state index >= 15 is 0 Å². The third kappa shape index (κ3) is 2.13. The van der Waals surface area contributed by atoms with Crippen LogP contribution in [0, 0.1) is 0 Å². The third-order valence-corrected chi connectivity index (χ3v) is 3.91. The molecule has 1 amide bonds. The molecule has 2 aromatic rings. The van der Waals surface area contributed by atoms with Crippen LogP contribution in [0.2, 0.25) is 0 Å². The maximum Gasteiger partial charge on any atom is 0.254 e. The van der Waals surface area contributed by atoms with E-state index in [0.29, 0.717) is 5.56 Å². The van der Waals surface area contributed by atoms with Crippen LogP contribution in [0.25, 0.3) is 0 Å². The maximum atomic E-state index is 12.5. The number of carbonyl (C=O) groups excluding carboxylic acids is 1. The lowest BCUT2D eigenvalue weighted by atomic mass is 10.1. The SMILES string of the molecule is CN(C(=O)c1cc[nH]c(=O)c1)C1CCc2ccccc21. The van der Waals surface area contributed by atoms with Gasteiger partial charge in [-0.05, 0) is 30.0 Å². The Balaban J connectivity index is 1.89. The average Bonchev–Trinajstić information content (AvgIpc) is 2.89. The number of hydrogen-bond donors (Lipinski definition) is 1. The molecule has 102 valence electrons. The first-order valence-electron chi connectivity index (χ1n) is 6.70. The van der Waals surface area contributed by atoms with Crippen molar-refractivity contribution < 1.29 is 4.79 Å². The molecule has 1 aromatic carbocycles. The lowest BCUT2D eigenvalue weighted by Crippen LogP contribution is -2.30. The van der Waals surface area contributed by atoms with Gasteiger partial charge in [0.25, 0.3) is 5.91 Å². The van der Waals surface area contributed by atoms with Crippen LogP contribution in [-0.4, -0.2) is 22.8 Å². The van der Waals surface area contributed by atoms with E-state index in [1.54, 1.807) is 18.0 Å². The van der Waals surface area contributed by atoms with Gasteiger partial charge in [-0.1, -0.05) is 24.3 Å². The lowest BCUT2D eigenvalue weighted by molar-refractivity contribution is 0.0730. The standard InChI is InChI=1S/C16H16N2O2/c1-18(16(20)12-8-9-17-15(19)10-12)14-7-6-11-4-2-3-5-13(11)14/h2-5,8-10,14H,6-7H2,1H3,(H,17,19). The molecule has 1 heterocycles. The number of nitrogens with one attached hydrogen (secondary N) is 1. The molecule has 3 rings (SSSR count). The van der Waals surface area contributed by atoms with Crippen molar-refractivity contribution in [2.45, 2.75) is 18.9 Å². The molecule has 1 aromatic heterocycles. The summed E-state index contributed by atoms with van der Waals surface area (Å²) in [5.41, 5.74) is 2.70. The highest BCUT2D eigenvalue weighted by atomic mass is 16.2. The Morgan fingerprint density at radius 1 is 1.30 bits per heavy atom. The van der Waals surface area contributed by atoms with Crippen LogP contribution in [0.5, 0.6) is 0 Å². The molecule has 0 spiro atoms. The number of amides is 1. The third-order valence-electron chi connectivity index (χ3n) is 3.91. The van der Waals surface area contributed by atoms with Gasteiger partial charge in [-0.2, -0.15) is 0 Å². The fraction of sp³-hybridized carbons (Fsp3) is 0.250. The zero-order chi connectivity index (χ0) is 14.1. The van der Waals surface area contributed by atoms with Gasteiger partial charge < -0.3 is 9.88 Å². The molecule has 1 N–H and O–H groups in total. The number of rotatable bonds is 2. The van der Waals surface area contributed by atoms with Crippen LogP contribution in [-0.2, 0) is 6.42 Å². The number of fused-ring (bicyclic) bond motifs is 1. The number of aryl methyl sites for hydroxylation is 1. The zero-order valence-corrected chi connectivity index (χ0v) is 11.3. The number of carbonyl (C=O) groups is 1. The van der Waals surface area contributed by atoms with Crippen molar-refractivity contribution in [2.75, 3.05) is 7.05 Å². The minimum Gasteiger partial charge on any atom is -0.335 e. The van der Waals surface area contributed by atoms with Crippen LogP contribution >= 0.6 is 0 Å². The molecule has 1 aliphatic carbocycles. The van der Waals surface area contributed by atoms with Crippen molar-refractivity contribution in [2.24, 2.45) is 0 Å². The molecule has 1 aliphatic rings. The Morgan fingerprint density at radius 3 is 2.90 bits per heavy atom. The largest absolute Gasteiger partial charge is 0.335 e. The number of nitrogens with zero attached hydrogens (tertiary/aromatic N) is 1. The van der Waals surface area contributed by atoms with E-state index in [4.69, 9.17) is 0 Å². The number of aromatic amines is 1. The van der Waals surface area contributed by atoms with Gasteiger partial charge in [-0.3, -0.25) is 9.59 Å². The van der Waals surface area contributed by atoms with Crippen molar-refractivity contribution >= 4 is 5.91 Å². The first-order valence-corrected chi connectivity index (χ1v) is 6.70. The minimum absolute atomic E-state index is 0.0954. The summed E-state index contributed by atoms with van der Waals surface area (Å²) in [6.07, 6.45) is 3.44. The van der Waals surface area contributed by atoms with Crippen molar-refractivity contribution in [3.8, 4) is 0 Å². The molecular weight excluding hydrogens is 252 g/mol. The topological polar surface area (TPSA) is 53.2 Å². The van der Waals surface area contributed by atoms with Gasteiger partial charge in [-0.25, -0.2) is 0 Å². The summed E-state index contributed by atoms with van der Waals surface area (Å²) in [5.74, 6) is -0.113. The number of aromatic nitrogens is 1. The quantitative estimate of drug-likeness (QED) is 0.907. The van der Waals surface area contributed by atoms with E-state index in [1.165, 1.54) is 23.4 Å². The summed E-state index contributed by atoms with van der Waals surface area (Å²) in [5, 5.41) is 0. The van der Waals surface area contributed by atoms with Gasteiger partial charge in [0, 0.05) is 24.9 Å². The zero-order valence-electron chi connectivity index (χ0n) is 11.3. The van der Waals surface area contributed by atoms with E-state index in [0.717, 1.165) is 12.8 Å². The highest BCUT2D eigenvalue weighted by Crippen LogP contribution is 2.35. The van der Waals surface area contributed by atoms with Crippen molar-refractivity contribution in [1.29, 1.82) is 0 Å². The molecule has 1 atom stereocenters. The van der Waals surface area contributed by atoms with Crippen LogP contribution in [0.15, 0.2) is 47.4 Å². The Labute approximate surface area is 117 Å². The minimum atomic E-state index is -0.254. The van der Waals surface area contributed by atoms with Gasteiger partial charge in [-0.15, -0.1) is 0 Å². The van der Waals surface area contributed by atoms with Gasteiger partial charge in [0.15, 0.2) is 0 Å². The molecule has 4 nitrogen and oxygen atoms in total. The van der Waals surface area contributed by atoms with Crippen LogP contribution in [0.3, 0.4) is 0 Å². The van der Waals surface area contributed by atoms with Gasteiger partial charge in [0.05, 0.1) is 6.04 Å². The van der Waals surface area contributed by atoms with Crippen molar-refractivity contribution in [3.05, 3.63) is 69.6 Å².